The van der Waals surface area contributed by atoms with Crippen molar-refractivity contribution in [3.05, 3.63) is 48.0 Å². The van der Waals surface area contributed by atoms with Gasteiger partial charge in [-0.15, -0.1) is 0 Å². The van der Waals surface area contributed by atoms with Gasteiger partial charge < -0.3 is 9.88 Å². The molecule has 1 aromatic heterocycles. The van der Waals surface area contributed by atoms with Crippen molar-refractivity contribution in [3.63, 3.8) is 0 Å². The number of imidazole rings is 1. The molecule has 0 radical (unpaired) electrons. The molecule has 0 saturated carbocycles. The van der Waals surface area contributed by atoms with Crippen LogP contribution in [0, 0.1) is 6.92 Å². The Morgan fingerprint density at radius 1 is 1.36 bits per heavy atom. The summed E-state index contributed by atoms with van der Waals surface area (Å²) in [4.78, 5) is 16.4. The van der Waals surface area contributed by atoms with Gasteiger partial charge in [0.1, 0.15) is 12.4 Å². The molecule has 1 aromatic carbocycles. The molecule has 7 nitrogen and oxygen atoms in total. The van der Waals surface area contributed by atoms with E-state index in [-0.39, 0.29) is 12.5 Å². The number of nitrogens with zero attached hydrogens (tertiary/aromatic N) is 3. The van der Waals surface area contributed by atoms with E-state index in [2.05, 4.69) is 10.3 Å². The molecular formula is C17H24N4O3S. The predicted molar refractivity (Wildman–Crippen MR) is 98.0 cm³/mol. The molecule has 2 rings (SSSR count). The second-order valence-electron chi connectivity index (χ2n) is 5.85. The molecule has 1 N–H and O–H groups in total. The number of hydrogen-bond donors (Lipinski definition) is 1. The summed E-state index contributed by atoms with van der Waals surface area (Å²) in [5, 5.41) is 2.77. The molecule has 1 amide bonds. The number of anilines is 1. The SMILES string of the molecule is CCc1nccn1CCNC(=O)CN(c1cccc(C)c1)S(C)(=O)=O. The third-order valence-electron chi connectivity index (χ3n) is 3.77. The molecule has 8 heteroatoms. The molecule has 1 heterocycles. The van der Waals surface area contributed by atoms with E-state index in [0.29, 0.717) is 18.8 Å². The summed E-state index contributed by atoms with van der Waals surface area (Å²) in [5.41, 5.74) is 1.42. The fraction of sp³-hybridized carbons (Fsp3) is 0.412. The van der Waals surface area contributed by atoms with Crippen LogP contribution in [-0.2, 0) is 27.8 Å². The number of sulfonamides is 1. The Labute approximate surface area is 148 Å². The summed E-state index contributed by atoms with van der Waals surface area (Å²) in [6, 6.07) is 7.07. The Morgan fingerprint density at radius 2 is 2.12 bits per heavy atom. The lowest BCUT2D eigenvalue weighted by atomic mass is 10.2. The van der Waals surface area contributed by atoms with Gasteiger partial charge in [0.15, 0.2) is 0 Å². The van der Waals surface area contributed by atoms with Crippen LogP contribution in [0.5, 0.6) is 0 Å². The van der Waals surface area contributed by atoms with Gasteiger partial charge in [-0.05, 0) is 24.6 Å². The van der Waals surface area contributed by atoms with E-state index < -0.39 is 10.0 Å². The summed E-state index contributed by atoms with van der Waals surface area (Å²) in [6.45, 7) is 4.66. The first kappa shape index (κ1) is 19.0. The topological polar surface area (TPSA) is 84.3 Å². The standard InChI is InChI=1S/C17H24N4O3S/c1-4-16-18-8-10-20(16)11-9-19-17(22)13-21(25(3,23)24)15-7-5-6-14(2)12-15/h5-8,10,12H,4,9,11,13H2,1-3H3,(H,19,22). The zero-order valence-corrected chi connectivity index (χ0v) is 15.6. The number of nitrogens with one attached hydrogen (secondary N) is 1. The molecule has 0 aliphatic rings. The summed E-state index contributed by atoms with van der Waals surface area (Å²) < 4.78 is 27.2. The van der Waals surface area contributed by atoms with Crippen LogP contribution in [0.15, 0.2) is 36.7 Å². The molecule has 0 saturated heterocycles. The van der Waals surface area contributed by atoms with Crippen LogP contribution < -0.4 is 9.62 Å². The van der Waals surface area contributed by atoms with Crippen LogP contribution >= 0.6 is 0 Å². The van der Waals surface area contributed by atoms with Gasteiger partial charge in [0.25, 0.3) is 0 Å². The third-order valence-corrected chi connectivity index (χ3v) is 4.91. The van der Waals surface area contributed by atoms with Crippen LogP contribution in [-0.4, -0.2) is 43.2 Å². The van der Waals surface area contributed by atoms with Gasteiger partial charge in [-0.1, -0.05) is 19.1 Å². The highest BCUT2D eigenvalue weighted by atomic mass is 32.2. The van der Waals surface area contributed by atoms with Crippen molar-refractivity contribution in [1.29, 1.82) is 0 Å². The van der Waals surface area contributed by atoms with Gasteiger partial charge in [0, 0.05) is 31.9 Å². The number of hydrogen-bond acceptors (Lipinski definition) is 4. The van der Waals surface area contributed by atoms with E-state index in [9.17, 15) is 13.2 Å². The maximum atomic E-state index is 12.2. The van der Waals surface area contributed by atoms with Crippen LogP contribution in [0.25, 0.3) is 0 Å². The lowest BCUT2D eigenvalue weighted by Gasteiger charge is -2.22. The van der Waals surface area contributed by atoms with E-state index in [4.69, 9.17) is 0 Å². The van der Waals surface area contributed by atoms with E-state index >= 15 is 0 Å². The third kappa shape index (κ3) is 5.32. The molecule has 0 atom stereocenters. The minimum absolute atomic E-state index is 0.243. The van der Waals surface area contributed by atoms with Crippen LogP contribution in [0.2, 0.25) is 0 Å². The average molecular weight is 364 g/mol. The van der Waals surface area contributed by atoms with Crippen molar-refractivity contribution in [3.8, 4) is 0 Å². The highest BCUT2D eigenvalue weighted by molar-refractivity contribution is 7.92. The van der Waals surface area contributed by atoms with Gasteiger partial charge in [-0.25, -0.2) is 13.4 Å². The highest BCUT2D eigenvalue weighted by Crippen LogP contribution is 2.18. The lowest BCUT2D eigenvalue weighted by molar-refractivity contribution is -0.119. The molecule has 0 aliphatic heterocycles. The summed E-state index contributed by atoms with van der Waals surface area (Å²) >= 11 is 0. The lowest BCUT2D eigenvalue weighted by Crippen LogP contribution is -2.41. The monoisotopic (exact) mass is 364 g/mol. The van der Waals surface area contributed by atoms with Crippen LogP contribution in [0.1, 0.15) is 18.3 Å². The van der Waals surface area contributed by atoms with Crippen LogP contribution in [0.3, 0.4) is 0 Å². The quantitative estimate of drug-likeness (QED) is 0.766. The van der Waals surface area contributed by atoms with E-state index in [1.54, 1.807) is 24.4 Å². The maximum absolute atomic E-state index is 12.2. The summed E-state index contributed by atoms with van der Waals surface area (Å²) in [6.07, 6.45) is 5.50. The molecular weight excluding hydrogens is 340 g/mol. The number of aromatic nitrogens is 2. The first-order valence-electron chi connectivity index (χ1n) is 8.12. The number of carbonyl (C=O) groups is 1. The Hall–Kier alpha value is -2.35. The Bertz CT molecular complexity index is 830. The summed E-state index contributed by atoms with van der Waals surface area (Å²) in [7, 11) is -3.55. The molecule has 0 bridgehead atoms. The van der Waals surface area contributed by atoms with Crippen LogP contribution in [0.4, 0.5) is 5.69 Å². The van der Waals surface area contributed by atoms with Crippen molar-refractivity contribution < 1.29 is 13.2 Å². The van der Waals surface area contributed by atoms with E-state index in [1.807, 2.05) is 30.7 Å². The van der Waals surface area contributed by atoms with Crippen molar-refractivity contribution in [2.24, 2.45) is 0 Å². The summed E-state index contributed by atoms with van der Waals surface area (Å²) in [5.74, 6) is 0.608. The Morgan fingerprint density at radius 3 is 2.76 bits per heavy atom. The van der Waals surface area contributed by atoms with Gasteiger partial charge in [-0.3, -0.25) is 9.10 Å². The van der Waals surface area contributed by atoms with Gasteiger partial charge in [-0.2, -0.15) is 0 Å². The first-order chi connectivity index (χ1) is 11.8. The fourth-order valence-corrected chi connectivity index (χ4v) is 3.39. The Kier molecular flexibility index (Phi) is 6.19. The van der Waals surface area contributed by atoms with Gasteiger partial charge >= 0.3 is 0 Å². The van der Waals surface area contributed by atoms with Gasteiger partial charge in [0.2, 0.25) is 15.9 Å². The second kappa shape index (κ2) is 8.15. The highest BCUT2D eigenvalue weighted by Gasteiger charge is 2.20. The predicted octanol–water partition coefficient (Wildman–Crippen LogP) is 1.34. The van der Waals surface area contributed by atoms with E-state index in [0.717, 1.165) is 28.4 Å². The average Bonchev–Trinajstić information content (AvgIpc) is 2.99. The fourth-order valence-electron chi connectivity index (χ4n) is 2.54. The van der Waals surface area contributed by atoms with Crippen molar-refractivity contribution >= 4 is 21.6 Å². The molecule has 136 valence electrons. The first-order valence-corrected chi connectivity index (χ1v) is 9.97. The number of aryl methyl sites for hydroxylation is 2. The molecule has 0 fully saturated rings. The minimum Gasteiger partial charge on any atom is -0.353 e. The molecule has 25 heavy (non-hydrogen) atoms. The van der Waals surface area contributed by atoms with Crippen molar-refractivity contribution in [2.45, 2.75) is 26.8 Å². The molecule has 2 aromatic rings. The second-order valence-corrected chi connectivity index (χ2v) is 7.76. The number of benzene rings is 1. The smallest absolute Gasteiger partial charge is 0.240 e. The largest absolute Gasteiger partial charge is 0.353 e. The normalized spacial score (nSPS) is 11.3. The van der Waals surface area contributed by atoms with Crippen molar-refractivity contribution in [2.75, 3.05) is 23.7 Å². The van der Waals surface area contributed by atoms with Gasteiger partial charge in [0.05, 0.1) is 11.9 Å². The Balaban J connectivity index is 1.98. The number of amides is 1. The number of rotatable bonds is 8. The molecule has 0 spiro atoms. The zero-order chi connectivity index (χ0) is 18.4. The van der Waals surface area contributed by atoms with E-state index in [1.165, 1.54) is 0 Å². The zero-order valence-electron chi connectivity index (χ0n) is 14.8. The molecule has 0 aliphatic carbocycles. The minimum atomic E-state index is -3.55. The maximum Gasteiger partial charge on any atom is 0.240 e. The number of carbonyl (C=O) groups excluding carboxylic acids is 1. The molecule has 0 unspecified atom stereocenters. The van der Waals surface area contributed by atoms with Crippen molar-refractivity contribution in [1.82, 2.24) is 14.9 Å².